The number of likely N-dealkylation sites (N-methyl/N-ethyl adjacent to an activating group) is 1. The Morgan fingerprint density at radius 1 is 1.15 bits per heavy atom. The average Bonchev–Trinajstić information content (AvgIpc) is 2.67. The third-order valence-electron chi connectivity index (χ3n) is 4.57. The standard InChI is InChI=1S/C19H28N4O3S/c1-3-10-21-27(25,26)18-8-6-17(7-9-18)19(24)20-11-4-5-12-23-15-13-22(2)14-16-23/h1,6-9,21H,4-5,10-16H2,2H3,(H,20,24). The summed E-state index contributed by atoms with van der Waals surface area (Å²) >= 11 is 0. The number of nitrogens with one attached hydrogen (secondary N) is 2. The van der Waals surface area contributed by atoms with Crippen LogP contribution in [0.25, 0.3) is 0 Å². The molecule has 0 bridgehead atoms. The zero-order valence-corrected chi connectivity index (χ0v) is 16.6. The van der Waals surface area contributed by atoms with E-state index >= 15 is 0 Å². The summed E-state index contributed by atoms with van der Waals surface area (Å²) in [7, 11) is -1.49. The molecule has 1 saturated heterocycles. The lowest BCUT2D eigenvalue weighted by atomic mass is 10.2. The van der Waals surface area contributed by atoms with E-state index in [1.54, 1.807) is 0 Å². The largest absolute Gasteiger partial charge is 0.352 e. The highest BCUT2D eigenvalue weighted by molar-refractivity contribution is 7.89. The molecule has 0 unspecified atom stereocenters. The molecule has 0 spiro atoms. The van der Waals surface area contributed by atoms with Gasteiger partial charge in [-0.05, 0) is 50.7 Å². The van der Waals surface area contributed by atoms with Crippen molar-refractivity contribution in [3.05, 3.63) is 29.8 Å². The molecule has 8 heteroatoms. The smallest absolute Gasteiger partial charge is 0.251 e. The molecule has 0 aliphatic carbocycles. The van der Waals surface area contributed by atoms with Gasteiger partial charge in [0.1, 0.15) is 0 Å². The van der Waals surface area contributed by atoms with Gasteiger partial charge in [0.2, 0.25) is 10.0 Å². The van der Waals surface area contributed by atoms with Crippen molar-refractivity contribution >= 4 is 15.9 Å². The van der Waals surface area contributed by atoms with Crippen molar-refractivity contribution in [1.82, 2.24) is 19.8 Å². The van der Waals surface area contributed by atoms with Gasteiger partial charge in [-0.3, -0.25) is 4.79 Å². The number of sulfonamides is 1. The molecule has 1 aromatic rings. The Kier molecular flexibility index (Phi) is 8.25. The lowest BCUT2D eigenvalue weighted by Crippen LogP contribution is -2.44. The van der Waals surface area contributed by atoms with Crippen LogP contribution in [0.15, 0.2) is 29.2 Å². The molecule has 1 aliphatic rings. The quantitative estimate of drug-likeness (QED) is 0.468. The van der Waals surface area contributed by atoms with Crippen molar-refractivity contribution in [3.8, 4) is 12.3 Å². The van der Waals surface area contributed by atoms with E-state index in [2.05, 4.69) is 32.8 Å². The third kappa shape index (κ3) is 6.96. The van der Waals surface area contributed by atoms with Crippen LogP contribution in [-0.4, -0.2) is 77.0 Å². The maximum atomic E-state index is 12.2. The van der Waals surface area contributed by atoms with E-state index in [9.17, 15) is 13.2 Å². The molecule has 2 rings (SSSR count). The fourth-order valence-corrected chi connectivity index (χ4v) is 3.78. The zero-order chi connectivity index (χ0) is 19.7. The molecule has 0 atom stereocenters. The van der Waals surface area contributed by atoms with Crippen molar-refractivity contribution in [2.75, 3.05) is 52.9 Å². The van der Waals surface area contributed by atoms with Gasteiger partial charge in [0.25, 0.3) is 5.91 Å². The van der Waals surface area contributed by atoms with Crippen molar-refractivity contribution < 1.29 is 13.2 Å². The van der Waals surface area contributed by atoms with Gasteiger partial charge in [0.05, 0.1) is 11.4 Å². The van der Waals surface area contributed by atoms with Crippen LogP contribution in [0.5, 0.6) is 0 Å². The van der Waals surface area contributed by atoms with E-state index < -0.39 is 10.0 Å². The lowest BCUT2D eigenvalue weighted by molar-refractivity contribution is 0.0951. The normalized spacial score (nSPS) is 16.0. The summed E-state index contributed by atoms with van der Waals surface area (Å²) < 4.78 is 26.2. The SMILES string of the molecule is C#CCNS(=O)(=O)c1ccc(C(=O)NCCCCN2CCN(C)CC2)cc1. The Hall–Kier alpha value is -1.92. The number of hydrogen-bond acceptors (Lipinski definition) is 5. The molecule has 0 saturated carbocycles. The minimum absolute atomic E-state index is 0.0707. The van der Waals surface area contributed by atoms with Gasteiger partial charge in [0.15, 0.2) is 0 Å². The molecule has 0 aromatic heterocycles. The topological polar surface area (TPSA) is 81.7 Å². The summed E-state index contributed by atoms with van der Waals surface area (Å²) in [5, 5.41) is 2.88. The summed E-state index contributed by atoms with van der Waals surface area (Å²) in [6.45, 7) is 6.03. The Bertz CT molecular complexity index is 748. The Labute approximate surface area is 162 Å². The summed E-state index contributed by atoms with van der Waals surface area (Å²) in [6, 6.07) is 5.82. The molecular weight excluding hydrogens is 364 g/mol. The van der Waals surface area contributed by atoms with Crippen LogP contribution in [0.4, 0.5) is 0 Å². The van der Waals surface area contributed by atoms with Gasteiger partial charge < -0.3 is 15.1 Å². The van der Waals surface area contributed by atoms with Gasteiger partial charge in [-0.25, -0.2) is 8.42 Å². The van der Waals surface area contributed by atoms with Crippen LogP contribution in [0.2, 0.25) is 0 Å². The average molecular weight is 393 g/mol. The first-order valence-corrected chi connectivity index (χ1v) is 10.6. The van der Waals surface area contributed by atoms with E-state index in [0.29, 0.717) is 12.1 Å². The molecule has 148 valence electrons. The molecule has 1 amide bonds. The Balaban J connectivity index is 1.71. The monoisotopic (exact) mass is 392 g/mol. The van der Waals surface area contributed by atoms with Crippen molar-refractivity contribution in [1.29, 1.82) is 0 Å². The highest BCUT2D eigenvalue weighted by atomic mass is 32.2. The summed E-state index contributed by atoms with van der Waals surface area (Å²) in [6.07, 6.45) is 7.02. The second kappa shape index (κ2) is 10.4. The number of unbranched alkanes of at least 4 members (excludes halogenated alkanes) is 1. The highest BCUT2D eigenvalue weighted by Gasteiger charge is 2.14. The number of piperazine rings is 1. The molecule has 7 nitrogen and oxygen atoms in total. The highest BCUT2D eigenvalue weighted by Crippen LogP contribution is 2.10. The number of amides is 1. The van der Waals surface area contributed by atoms with Crippen molar-refractivity contribution in [3.63, 3.8) is 0 Å². The minimum Gasteiger partial charge on any atom is -0.352 e. The van der Waals surface area contributed by atoms with E-state index in [1.165, 1.54) is 24.3 Å². The number of rotatable bonds is 9. The molecular formula is C19H28N4O3S. The van der Waals surface area contributed by atoms with Gasteiger partial charge in [-0.2, -0.15) is 4.72 Å². The second-order valence-electron chi connectivity index (χ2n) is 6.66. The Morgan fingerprint density at radius 3 is 2.44 bits per heavy atom. The fourth-order valence-electron chi connectivity index (χ4n) is 2.84. The molecule has 1 fully saturated rings. The fraction of sp³-hybridized carbons (Fsp3) is 0.526. The van der Waals surface area contributed by atoms with Crippen LogP contribution in [-0.2, 0) is 10.0 Å². The lowest BCUT2D eigenvalue weighted by Gasteiger charge is -2.32. The first-order valence-electron chi connectivity index (χ1n) is 9.14. The van der Waals surface area contributed by atoms with E-state index in [0.717, 1.165) is 45.6 Å². The summed E-state index contributed by atoms with van der Waals surface area (Å²) in [4.78, 5) is 17.0. The molecule has 1 aromatic carbocycles. The third-order valence-corrected chi connectivity index (χ3v) is 5.99. The molecule has 1 aliphatic heterocycles. The molecule has 1 heterocycles. The Morgan fingerprint density at radius 2 is 1.81 bits per heavy atom. The summed E-state index contributed by atoms with van der Waals surface area (Å²) in [5.74, 6) is 2.02. The van der Waals surface area contributed by atoms with Crippen molar-refractivity contribution in [2.45, 2.75) is 17.7 Å². The van der Waals surface area contributed by atoms with Gasteiger partial charge in [-0.15, -0.1) is 6.42 Å². The number of hydrogen-bond donors (Lipinski definition) is 2. The molecule has 2 N–H and O–H groups in total. The zero-order valence-electron chi connectivity index (χ0n) is 15.8. The van der Waals surface area contributed by atoms with Gasteiger partial charge in [-0.1, -0.05) is 5.92 Å². The number of carbonyl (C=O) groups is 1. The van der Waals surface area contributed by atoms with Crippen LogP contribution in [0.3, 0.4) is 0 Å². The molecule has 27 heavy (non-hydrogen) atoms. The van der Waals surface area contributed by atoms with Crippen LogP contribution >= 0.6 is 0 Å². The number of benzene rings is 1. The van der Waals surface area contributed by atoms with Crippen LogP contribution < -0.4 is 10.0 Å². The number of carbonyl (C=O) groups excluding carboxylic acids is 1. The predicted molar refractivity (Wildman–Crippen MR) is 106 cm³/mol. The van der Waals surface area contributed by atoms with E-state index in [4.69, 9.17) is 6.42 Å². The maximum absolute atomic E-state index is 12.2. The minimum atomic E-state index is -3.64. The van der Waals surface area contributed by atoms with Crippen LogP contribution in [0, 0.1) is 12.3 Å². The summed E-state index contributed by atoms with van der Waals surface area (Å²) in [5.41, 5.74) is 0.435. The molecule has 0 radical (unpaired) electrons. The van der Waals surface area contributed by atoms with E-state index in [-0.39, 0.29) is 17.3 Å². The maximum Gasteiger partial charge on any atom is 0.251 e. The van der Waals surface area contributed by atoms with Gasteiger partial charge in [0, 0.05) is 38.3 Å². The number of nitrogens with zero attached hydrogens (tertiary/aromatic N) is 2. The van der Waals surface area contributed by atoms with Crippen molar-refractivity contribution in [2.24, 2.45) is 0 Å². The predicted octanol–water partition coefficient (Wildman–Crippen LogP) is 0.356. The van der Waals surface area contributed by atoms with Crippen LogP contribution in [0.1, 0.15) is 23.2 Å². The number of terminal acetylenes is 1. The first-order chi connectivity index (χ1) is 12.9. The first kappa shape index (κ1) is 21.4. The second-order valence-corrected chi connectivity index (χ2v) is 8.43. The van der Waals surface area contributed by atoms with Gasteiger partial charge >= 0.3 is 0 Å². The van der Waals surface area contributed by atoms with E-state index in [1.807, 2.05) is 0 Å².